The van der Waals surface area contributed by atoms with Crippen LogP contribution < -0.4 is 0 Å². The van der Waals surface area contributed by atoms with Crippen molar-refractivity contribution in [2.24, 2.45) is 0 Å². The monoisotopic (exact) mass is 381 g/mol. The van der Waals surface area contributed by atoms with Crippen molar-refractivity contribution in [1.82, 2.24) is 4.57 Å². The molecule has 0 aliphatic rings. The minimum atomic E-state index is -0.424. The third-order valence-corrected chi connectivity index (χ3v) is 4.76. The van der Waals surface area contributed by atoms with Gasteiger partial charge >= 0.3 is 5.97 Å². The third kappa shape index (κ3) is 3.73. The number of methoxy groups -OCH3 is 1. The van der Waals surface area contributed by atoms with Gasteiger partial charge in [-0.05, 0) is 35.9 Å². The summed E-state index contributed by atoms with van der Waals surface area (Å²) in [7, 11) is 1.34. The number of carbonyl (C=O) groups is 2. The quantitative estimate of drug-likeness (QED) is 0.276. The maximum atomic E-state index is 13.2. The zero-order chi connectivity index (χ0) is 20.2. The van der Waals surface area contributed by atoms with Gasteiger partial charge < -0.3 is 9.30 Å². The summed E-state index contributed by atoms with van der Waals surface area (Å²) in [6, 6.07) is 24.9. The fraction of sp³-hybridized carbons (Fsp3) is 0.0400. The maximum Gasteiger partial charge on any atom is 0.330 e. The van der Waals surface area contributed by atoms with Crippen LogP contribution in [0.3, 0.4) is 0 Å². The van der Waals surface area contributed by atoms with Crippen LogP contribution in [0.2, 0.25) is 0 Å². The molecule has 0 bridgehead atoms. The van der Waals surface area contributed by atoms with Crippen LogP contribution in [-0.4, -0.2) is 23.4 Å². The molecule has 1 aromatic heterocycles. The highest BCUT2D eigenvalue weighted by Gasteiger charge is 2.17. The van der Waals surface area contributed by atoms with E-state index in [9.17, 15) is 9.59 Å². The van der Waals surface area contributed by atoms with Crippen LogP contribution in [-0.2, 0) is 9.53 Å². The van der Waals surface area contributed by atoms with E-state index in [1.165, 1.54) is 13.2 Å². The van der Waals surface area contributed by atoms with Crippen molar-refractivity contribution in [2.45, 2.75) is 0 Å². The molecule has 4 rings (SSSR count). The molecule has 0 aliphatic heterocycles. The SMILES string of the molecule is COC(=O)C=Cc1ccc2c(c1)c(C(=O)c1ccccc1)cn2-c1ccccc1. The van der Waals surface area contributed by atoms with Gasteiger partial charge in [-0.1, -0.05) is 54.6 Å². The summed E-state index contributed by atoms with van der Waals surface area (Å²) in [5.41, 5.74) is 3.96. The summed E-state index contributed by atoms with van der Waals surface area (Å²) >= 11 is 0. The molecule has 0 N–H and O–H groups in total. The van der Waals surface area contributed by atoms with Crippen molar-refractivity contribution in [3.05, 3.63) is 108 Å². The van der Waals surface area contributed by atoms with Crippen molar-refractivity contribution in [3.8, 4) is 5.69 Å². The predicted octanol–water partition coefficient (Wildman–Crippen LogP) is 5.05. The van der Waals surface area contributed by atoms with Gasteiger partial charge in [0.25, 0.3) is 0 Å². The van der Waals surface area contributed by atoms with Crippen LogP contribution in [0.1, 0.15) is 21.5 Å². The summed E-state index contributed by atoms with van der Waals surface area (Å²) in [6.45, 7) is 0. The lowest BCUT2D eigenvalue weighted by atomic mass is 10.0. The third-order valence-electron chi connectivity index (χ3n) is 4.76. The Labute approximate surface area is 168 Å². The molecule has 29 heavy (non-hydrogen) atoms. The number of aromatic nitrogens is 1. The zero-order valence-electron chi connectivity index (χ0n) is 15.9. The average molecular weight is 381 g/mol. The first-order valence-electron chi connectivity index (χ1n) is 9.23. The van der Waals surface area contributed by atoms with Gasteiger partial charge in [0.05, 0.1) is 12.6 Å². The van der Waals surface area contributed by atoms with Crippen LogP contribution in [0.25, 0.3) is 22.7 Å². The van der Waals surface area contributed by atoms with E-state index in [1.54, 1.807) is 6.08 Å². The number of nitrogens with zero attached hydrogens (tertiary/aromatic N) is 1. The molecule has 4 heteroatoms. The number of rotatable bonds is 5. The maximum absolute atomic E-state index is 13.2. The Morgan fingerprint density at radius 2 is 1.59 bits per heavy atom. The van der Waals surface area contributed by atoms with Crippen LogP contribution in [0, 0.1) is 0 Å². The van der Waals surface area contributed by atoms with E-state index in [4.69, 9.17) is 0 Å². The average Bonchev–Trinajstić information content (AvgIpc) is 3.17. The molecule has 0 unspecified atom stereocenters. The number of benzene rings is 3. The molecule has 0 saturated carbocycles. The number of ether oxygens (including phenoxy) is 1. The van der Waals surface area contributed by atoms with Gasteiger partial charge in [0.2, 0.25) is 0 Å². The molecule has 0 saturated heterocycles. The van der Waals surface area contributed by atoms with E-state index in [0.717, 1.165) is 22.2 Å². The Morgan fingerprint density at radius 3 is 2.28 bits per heavy atom. The van der Waals surface area contributed by atoms with Gasteiger partial charge in [-0.3, -0.25) is 4.79 Å². The summed E-state index contributed by atoms with van der Waals surface area (Å²) in [5.74, 6) is -0.466. The minimum absolute atomic E-state index is 0.0422. The molecule has 0 spiro atoms. The lowest BCUT2D eigenvalue weighted by Gasteiger charge is -2.05. The molecule has 0 amide bonds. The summed E-state index contributed by atoms with van der Waals surface area (Å²) in [5, 5.41) is 0.828. The van der Waals surface area contributed by atoms with E-state index in [1.807, 2.05) is 89.6 Å². The lowest BCUT2D eigenvalue weighted by molar-refractivity contribution is -0.134. The number of carbonyl (C=O) groups excluding carboxylic acids is 2. The largest absolute Gasteiger partial charge is 0.466 e. The van der Waals surface area contributed by atoms with Crippen LogP contribution in [0.5, 0.6) is 0 Å². The normalized spacial score (nSPS) is 11.1. The number of para-hydroxylation sites is 1. The number of hydrogen-bond acceptors (Lipinski definition) is 3. The number of hydrogen-bond donors (Lipinski definition) is 0. The molecular weight excluding hydrogens is 362 g/mol. The number of esters is 1. The first-order chi connectivity index (χ1) is 14.2. The second-order valence-electron chi connectivity index (χ2n) is 6.58. The van der Waals surface area contributed by atoms with E-state index < -0.39 is 5.97 Å². The van der Waals surface area contributed by atoms with Crippen molar-refractivity contribution >= 4 is 28.7 Å². The molecule has 3 aromatic carbocycles. The van der Waals surface area contributed by atoms with Gasteiger partial charge in [-0.2, -0.15) is 0 Å². The predicted molar refractivity (Wildman–Crippen MR) is 114 cm³/mol. The smallest absolute Gasteiger partial charge is 0.330 e. The Morgan fingerprint density at radius 1 is 0.897 bits per heavy atom. The molecule has 0 radical (unpaired) electrons. The minimum Gasteiger partial charge on any atom is -0.466 e. The number of ketones is 1. The molecule has 0 atom stereocenters. The molecule has 142 valence electrons. The standard InChI is InChI=1S/C25H19NO3/c1-29-24(27)15-13-18-12-14-23-21(16-18)22(25(28)19-8-4-2-5-9-19)17-26(23)20-10-6-3-7-11-20/h2-17H,1H3. The highest BCUT2D eigenvalue weighted by atomic mass is 16.5. The Hall–Kier alpha value is -3.92. The topological polar surface area (TPSA) is 48.3 Å². The first kappa shape index (κ1) is 18.4. The fourth-order valence-electron chi connectivity index (χ4n) is 3.31. The van der Waals surface area contributed by atoms with Crippen molar-refractivity contribution in [2.75, 3.05) is 7.11 Å². The van der Waals surface area contributed by atoms with E-state index in [2.05, 4.69) is 4.74 Å². The van der Waals surface area contributed by atoms with Crippen LogP contribution in [0.15, 0.2) is 91.1 Å². The van der Waals surface area contributed by atoms with Gasteiger partial charge in [0, 0.05) is 34.5 Å². The Bertz CT molecular complexity index is 1210. The van der Waals surface area contributed by atoms with E-state index in [-0.39, 0.29) is 5.78 Å². The van der Waals surface area contributed by atoms with Crippen molar-refractivity contribution < 1.29 is 14.3 Å². The fourth-order valence-corrected chi connectivity index (χ4v) is 3.31. The van der Waals surface area contributed by atoms with Crippen LogP contribution in [0.4, 0.5) is 0 Å². The van der Waals surface area contributed by atoms with Crippen LogP contribution >= 0.6 is 0 Å². The van der Waals surface area contributed by atoms with E-state index >= 15 is 0 Å². The van der Waals surface area contributed by atoms with Crippen molar-refractivity contribution in [1.29, 1.82) is 0 Å². The highest BCUT2D eigenvalue weighted by molar-refractivity contribution is 6.17. The second kappa shape index (κ2) is 7.98. The highest BCUT2D eigenvalue weighted by Crippen LogP contribution is 2.28. The van der Waals surface area contributed by atoms with Gasteiger partial charge in [-0.15, -0.1) is 0 Å². The van der Waals surface area contributed by atoms with Gasteiger partial charge in [0.1, 0.15) is 0 Å². The second-order valence-corrected chi connectivity index (χ2v) is 6.58. The summed E-state index contributed by atoms with van der Waals surface area (Å²) < 4.78 is 6.67. The van der Waals surface area contributed by atoms with Gasteiger partial charge in [-0.25, -0.2) is 4.79 Å². The first-order valence-corrected chi connectivity index (χ1v) is 9.23. The van der Waals surface area contributed by atoms with Gasteiger partial charge in [0.15, 0.2) is 5.78 Å². The Kier molecular flexibility index (Phi) is 5.08. The molecule has 4 nitrogen and oxygen atoms in total. The summed E-state index contributed by atoms with van der Waals surface area (Å²) in [6.07, 6.45) is 4.93. The molecule has 0 fully saturated rings. The molecular formula is C25H19NO3. The van der Waals surface area contributed by atoms with Crippen molar-refractivity contribution in [3.63, 3.8) is 0 Å². The molecule has 0 aliphatic carbocycles. The number of fused-ring (bicyclic) bond motifs is 1. The Balaban J connectivity index is 1.89. The lowest BCUT2D eigenvalue weighted by Crippen LogP contribution is -2.00. The van der Waals surface area contributed by atoms with E-state index in [0.29, 0.717) is 11.1 Å². The molecule has 1 heterocycles. The summed E-state index contributed by atoms with van der Waals surface area (Å²) in [4.78, 5) is 24.7. The zero-order valence-corrected chi connectivity index (χ0v) is 15.9. The molecule has 4 aromatic rings.